The molecule has 0 bridgehead atoms. The van der Waals surface area contributed by atoms with Crippen LogP contribution in [-0.4, -0.2) is 6.54 Å². The first kappa shape index (κ1) is 15.5. The maximum Gasteiger partial charge on any atom is 0.0143 e. The fraction of sp³-hybridized carbons (Fsp3) is 0.867. The van der Waals surface area contributed by atoms with Gasteiger partial charge in [-0.15, -0.1) is 0 Å². The Morgan fingerprint density at radius 1 is 1.06 bits per heavy atom. The molecule has 96 valence electrons. The van der Waals surface area contributed by atoms with Gasteiger partial charge in [0.15, 0.2) is 0 Å². The molecule has 0 fully saturated rings. The average molecular weight is 225 g/mol. The highest BCUT2D eigenvalue weighted by Crippen LogP contribution is 2.20. The molecule has 1 heteroatoms. The number of rotatable bonds is 8. The van der Waals surface area contributed by atoms with E-state index >= 15 is 0 Å². The van der Waals surface area contributed by atoms with E-state index in [4.69, 9.17) is 0 Å². The zero-order chi connectivity index (χ0) is 12.6. The van der Waals surface area contributed by atoms with Crippen molar-refractivity contribution in [3.8, 4) is 0 Å². The van der Waals surface area contributed by atoms with Crippen LogP contribution in [0.25, 0.3) is 0 Å². The van der Waals surface area contributed by atoms with Crippen LogP contribution in [0.5, 0.6) is 0 Å². The molecule has 0 rings (SSSR count). The van der Waals surface area contributed by atoms with Crippen molar-refractivity contribution in [1.29, 1.82) is 0 Å². The van der Waals surface area contributed by atoms with Gasteiger partial charge in [-0.2, -0.15) is 0 Å². The lowest BCUT2D eigenvalue weighted by Gasteiger charge is -2.23. The molecule has 0 aliphatic carbocycles. The maximum absolute atomic E-state index is 4.07. The molecule has 0 atom stereocenters. The fourth-order valence-corrected chi connectivity index (χ4v) is 1.54. The first-order valence-corrected chi connectivity index (χ1v) is 6.77. The quantitative estimate of drug-likeness (QED) is 0.588. The van der Waals surface area contributed by atoms with Gasteiger partial charge in [0.1, 0.15) is 0 Å². The lowest BCUT2D eigenvalue weighted by molar-refractivity contribution is 0.454. The largest absolute Gasteiger partial charge is 0.388 e. The van der Waals surface area contributed by atoms with Crippen molar-refractivity contribution < 1.29 is 0 Å². The number of hydrogen-bond donors (Lipinski definition) is 1. The highest BCUT2D eigenvalue weighted by molar-refractivity contribution is 5.02. The van der Waals surface area contributed by atoms with Gasteiger partial charge < -0.3 is 5.32 Å². The van der Waals surface area contributed by atoms with E-state index in [-0.39, 0.29) is 5.41 Å². The molecule has 16 heavy (non-hydrogen) atoms. The summed E-state index contributed by atoms with van der Waals surface area (Å²) in [6.45, 7) is 16.4. The monoisotopic (exact) mass is 225 g/mol. The van der Waals surface area contributed by atoms with Crippen LogP contribution in [0.4, 0.5) is 0 Å². The Morgan fingerprint density at radius 2 is 1.62 bits per heavy atom. The normalized spacial score (nSPS) is 11.9. The number of unbranched alkanes of at least 4 members (excludes halogenated alkanes) is 3. The summed E-state index contributed by atoms with van der Waals surface area (Å²) in [5.41, 5.74) is 1.35. The summed E-state index contributed by atoms with van der Waals surface area (Å²) in [6, 6.07) is 0. The van der Waals surface area contributed by atoms with Gasteiger partial charge in [0.05, 0.1) is 0 Å². The summed E-state index contributed by atoms with van der Waals surface area (Å²) in [5.74, 6) is 0.860. The predicted molar refractivity (Wildman–Crippen MR) is 74.5 cm³/mol. The van der Waals surface area contributed by atoms with Crippen molar-refractivity contribution in [2.45, 2.75) is 66.7 Å². The average Bonchev–Trinajstić information content (AvgIpc) is 2.14. The Kier molecular flexibility index (Phi) is 7.53. The molecular formula is C15H31N. The van der Waals surface area contributed by atoms with E-state index in [1.807, 2.05) is 0 Å². The Hall–Kier alpha value is -0.460. The number of allylic oxidation sites excluding steroid dienone is 1. The molecule has 0 aliphatic heterocycles. The molecule has 1 nitrogen and oxygen atoms in total. The van der Waals surface area contributed by atoms with Crippen LogP contribution in [0.3, 0.4) is 0 Å². The first-order valence-electron chi connectivity index (χ1n) is 6.77. The van der Waals surface area contributed by atoms with Crippen LogP contribution >= 0.6 is 0 Å². The summed E-state index contributed by atoms with van der Waals surface area (Å²) in [4.78, 5) is 0. The van der Waals surface area contributed by atoms with Gasteiger partial charge in [0.2, 0.25) is 0 Å². The van der Waals surface area contributed by atoms with Gasteiger partial charge >= 0.3 is 0 Å². The maximum atomic E-state index is 4.07. The molecule has 0 aromatic carbocycles. The fourth-order valence-electron chi connectivity index (χ4n) is 1.54. The molecule has 0 heterocycles. The van der Waals surface area contributed by atoms with Gasteiger partial charge in [-0.3, -0.25) is 0 Å². The van der Waals surface area contributed by atoms with E-state index in [1.54, 1.807) is 0 Å². The van der Waals surface area contributed by atoms with Gasteiger partial charge in [-0.05, 0) is 12.3 Å². The Labute approximate surface area is 103 Å². The third-order valence-electron chi connectivity index (χ3n) is 2.95. The van der Waals surface area contributed by atoms with E-state index in [1.165, 1.54) is 32.1 Å². The Bertz CT molecular complexity index is 186. The summed E-state index contributed by atoms with van der Waals surface area (Å²) < 4.78 is 0. The molecule has 0 saturated heterocycles. The smallest absolute Gasteiger partial charge is 0.0143 e. The summed E-state index contributed by atoms with van der Waals surface area (Å²) >= 11 is 0. The topological polar surface area (TPSA) is 12.0 Å². The van der Waals surface area contributed by atoms with E-state index < -0.39 is 0 Å². The van der Waals surface area contributed by atoms with Crippen molar-refractivity contribution in [3.05, 3.63) is 12.3 Å². The molecule has 0 amide bonds. The van der Waals surface area contributed by atoms with Crippen molar-refractivity contribution in [3.63, 3.8) is 0 Å². The second-order valence-corrected chi connectivity index (χ2v) is 6.25. The Balaban J connectivity index is 3.31. The third kappa shape index (κ3) is 8.82. The summed E-state index contributed by atoms with van der Waals surface area (Å²) in [6.07, 6.45) is 6.76. The molecule has 0 aromatic heterocycles. The molecule has 0 radical (unpaired) electrons. The number of nitrogens with one attached hydrogen (secondary N) is 1. The second kappa shape index (κ2) is 7.76. The van der Waals surface area contributed by atoms with Crippen molar-refractivity contribution >= 4 is 0 Å². The van der Waals surface area contributed by atoms with Crippen LogP contribution in [0, 0.1) is 11.3 Å². The van der Waals surface area contributed by atoms with Gasteiger partial charge in [-0.1, -0.05) is 66.9 Å². The lowest BCUT2D eigenvalue weighted by atomic mass is 9.93. The van der Waals surface area contributed by atoms with Gasteiger partial charge in [-0.25, -0.2) is 0 Å². The minimum Gasteiger partial charge on any atom is -0.388 e. The molecule has 0 aromatic rings. The first-order chi connectivity index (χ1) is 7.34. The highest BCUT2D eigenvalue weighted by atomic mass is 14.9. The van der Waals surface area contributed by atoms with Crippen LogP contribution in [-0.2, 0) is 0 Å². The second-order valence-electron chi connectivity index (χ2n) is 6.25. The van der Waals surface area contributed by atoms with Crippen molar-refractivity contribution in [1.82, 2.24) is 5.32 Å². The van der Waals surface area contributed by atoms with E-state index in [9.17, 15) is 0 Å². The zero-order valence-electron chi connectivity index (χ0n) is 12.0. The van der Waals surface area contributed by atoms with Gasteiger partial charge in [0.25, 0.3) is 0 Å². The predicted octanol–water partition coefficient (Wildman–Crippen LogP) is 4.74. The molecule has 0 spiro atoms. The zero-order valence-corrected chi connectivity index (χ0v) is 12.0. The van der Waals surface area contributed by atoms with Crippen molar-refractivity contribution in [2.24, 2.45) is 11.3 Å². The molecule has 0 unspecified atom stereocenters. The minimum absolute atomic E-state index is 0.192. The standard InChI is InChI=1S/C15H31N/c1-13(2)11-9-7-8-10-12-16-14(3)15(4,5)6/h13,16H,3,7-12H2,1-2,4-6H3. The molecule has 1 N–H and O–H groups in total. The van der Waals surface area contributed by atoms with Crippen molar-refractivity contribution in [2.75, 3.05) is 6.54 Å². The summed E-state index contributed by atoms with van der Waals surface area (Å²) in [5, 5.41) is 3.43. The molecule has 0 aliphatic rings. The minimum atomic E-state index is 0.192. The number of hydrogen-bond acceptors (Lipinski definition) is 1. The molecular weight excluding hydrogens is 194 g/mol. The van der Waals surface area contributed by atoms with Crippen LogP contribution in [0.1, 0.15) is 66.7 Å². The molecule has 0 saturated carbocycles. The highest BCUT2D eigenvalue weighted by Gasteiger charge is 2.13. The van der Waals surface area contributed by atoms with E-state index in [2.05, 4.69) is 46.5 Å². The van der Waals surface area contributed by atoms with Crippen LogP contribution in [0.2, 0.25) is 0 Å². The summed E-state index contributed by atoms with van der Waals surface area (Å²) in [7, 11) is 0. The van der Waals surface area contributed by atoms with Crippen LogP contribution < -0.4 is 5.32 Å². The van der Waals surface area contributed by atoms with Gasteiger partial charge in [0, 0.05) is 17.7 Å². The van der Waals surface area contributed by atoms with E-state index in [0.717, 1.165) is 18.2 Å². The Morgan fingerprint density at radius 3 is 2.12 bits per heavy atom. The lowest BCUT2D eigenvalue weighted by Crippen LogP contribution is -2.24. The van der Waals surface area contributed by atoms with E-state index in [0.29, 0.717) is 0 Å². The SMILES string of the molecule is C=C(NCCCCCCC(C)C)C(C)(C)C. The van der Waals surface area contributed by atoms with Crippen LogP contribution in [0.15, 0.2) is 12.3 Å². The third-order valence-corrected chi connectivity index (χ3v) is 2.95.